The van der Waals surface area contributed by atoms with E-state index in [4.69, 9.17) is 9.05 Å². The zero-order valence-corrected chi connectivity index (χ0v) is 31.0. The Hall–Kier alpha value is -4.44. The van der Waals surface area contributed by atoms with Crippen molar-refractivity contribution in [2.24, 2.45) is 0 Å². The van der Waals surface area contributed by atoms with Crippen LogP contribution in [0.2, 0.25) is 0 Å². The summed E-state index contributed by atoms with van der Waals surface area (Å²) in [6, 6.07) is 16.6. The number of hydrogen-bond donors (Lipinski definition) is 0. The van der Waals surface area contributed by atoms with E-state index >= 15 is 0 Å². The second kappa shape index (κ2) is 13.6. The molecule has 8 rings (SSSR count). The second-order valence-electron chi connectivity index (χ2n) is 11.4. The molecule has 10 nitrogen and oxygen atoms in total. The summed E-state index contributed by atoms with van der Waals surface area (Å²) >= 11 is 4.65. The van der Waals surface area contributed by atoms with Crippen LogP contribution in [0.5, 0.6) is 0 Å². The average Bonchev–Trinajstić information content (AvgIpc) is 3.81. The smallest absolute Gasteiger partial charge is 0.147 e. The SMILES string of the molecule is Cc1noc(C)c1-c1cnc2c(I)cn(Cc3ccccc3)c2c1.Cc1noc(C)c1-c1cnc2c(I)cn(Cc3ncccn3)c2c1. The monoisotopic (exact) mass is 860 g/mol. The highest BCUT2D eigenvalue weighted by Gasteiger charge is 2.17. The summed E-state index contributed by atoms with van der Waals surface area (Å²) in [5, 5.41) is 8.09. The molecule has 0 amide bonds. The van der Waals surface area contributed by atoms with Gasteiger partial charge in [-0.3, -0.25) is 9.97 Å². The molecule has 0 aliphatic rings. The summed E-state index contributed by atoms with van der Waals surface area (Å²) < 4.78 is 17.2. The first-order chi connectivity index (χ1) is 23.3. The highest BCUT2D eigenvalue weighted by molar-refractivity contribution is 14.1. The summed E-state index contributed by atoms with van der Waals surface area (Å²) in [6.07, 6.45) is 11.5. The van der Waals surface area contributed by atoms with Crippen LogP contribution in [0, 0.1) is 34.8 Å². The number of pyridine rings is 2. The minimum Gasteiger partial charge on any atom is -0.361 e. The molecule has 0 radical (unpaired) electrons. The van der Waals surface area contributed by atoms with E-state index in [0.717, 1.165) is 86.7 Å². The minimum absolute atomic E-state index is 0.604. The van der Waals surface area contributed by atoms with Crippen LogP contribution < -0.4 is 0 Å². The summed E-state index contributed by atoms with van der Waals surface area (Å²) in [5.41, 5.74) is 11.3. The largest absolute Gasteiger partial charge is 0.361 e. The zero-order valence-electron chi connectivity index (χ0n) is 26.6. The molecule has 240 valence electrons. The van der Waals surface area contributed by atoms with E-state index in [2.05, 4.69) is 133 Å². The molecule has 7 aromatic heterocycles. The fourth-order valence-electron chi connectivity index (χ4n) is 5.92. The van der Waals surface area contributed by atoms with E-state index in [1.807, 2.05) is 52.2 Å². The van der Waals surface area contributed by atoms with Crippen LogP contribution in [0.15, 0.2) is 94.8 Å². The Morgan fingerprint density at radius 3 is 1.60 bits per heavy atom. The Balaban J connectivity index is 0.000000152. The lowest BCUT2D eigenvalue weighted by Crippen LogP contribution is -2.02. The molecule has 7 heterocycles. The minimum atomic E-state index is 0.604. The van der Waals surface area contributed by atoms with Crippen molar-refractivity contribution in [2.45, 2.75) is 40.8 Å². The molecular weight excluding hydrogens is 830 g/mol. The summed E-state index contributed by atoms with van der Waals surface area (Å²) in [4.78, 5) is 17.9. The van der Waals surface area contributed by atoms with Gasteiger partial charge in [0.1, 0.15) is 28.4 Å². The zero-order chi connectivity index (χ0) is 33.4. The van der Waals surface area contributed by atoms with Gasteiger partial charge < -0.3 is 18.2 Å². The molecule has 48 heavy (non-hydrogen) atoms. The van der Waals surface area contributed by atoms with Gasteiger partial charge in [-0.2, -0.15) is 0 Å². The highest BCUT2D eigenvalue weighted by atomic mass is 127. The van der Waals surface area contributed by atoms with Gasteiger partial charge in [0.25, 0.3) is 0 Å². The van der Waals surface area contributed by atoms with Crippen molar-refractivity contribution in [3.63, 3.8) is 0 Å². The maximum Gasteiger partial charge on any atom is 0.147 e. The van der Waals surface area contributed by atoms with Gasteiger partial charge in [0, 0.05) is 66.0 Å². The molecule has 0 saturated carbocycles. The summed E-state index contributed by atoms with van der Waals surface area (Å²) in [7, 11) is 0. The van der Waals surface area contributed by atoms with Crippen molar-refractivity contribution in [2.75, 3.05) is 0 Å². The quantitative estimate of drug-likeness (QED) is 0.153. The van der Waals surface area contributed by atoms with Gasteiger partial charge in [0.05, 0.1) is 36.1 Å². The molecular formula is C36H30I2N8O2. The molecule has 0 unspecified atom stereocenters. The van der Waals surface area contributed by atoms with E-state index in [1.165, 1.54) is 5.56 Å². The molecule has 8 aromatic rings. The summed E-state index contributed by atoms with van der Waals surface area (Å²) in [5.74, 6) is 2.39. The number of aromatic nitrogens is 8. The van der Waals surface area contributed by atoms with Crippen LogP contribution in [0.1, 0.15) is 34.3 Å². The Morgan fingerprint density at radius 2 is 1.12 bits per heavy atom. The second-order valence-corrected chi connectivity index (χ2v) is 13.8. The molecule has 0 fully saturated rings. The molecule has 0 aliphatic carbocycles. The van der Waals surface area contributed by atoms with Crippen molar-refractivity contribution >= 4 is 67.2 Å². The van der Waals surface area contributed by atoms with Crippen molar-refractivity contribution in [3.05, 3.63) is 127 Å². The first-order valence-electron chi connectivity index (χ1n) is 15.2. The van der Waals surface area contributed by atoms with Crippen LogP contribution >= 0.6 is 45.2 Å². The molecule has 0 N–H and O–H groups in total. The predicted molar refractivity (Wildman–Crippen MR) is 202 cm³/mol. The standard InChI is InChI=1S/C19H16IN3O.C17H14IN5O/c1-12-18(13(2)24-22-12)15-8-17-19(21-9-15)16(20)11-23(17)10-14-6-4-3-5-7-14;1-10-16(11(2)24-22-10)12-6-14-17(21-7-12)13(18)8-23(14)9-15-19-4-3-5-20-15/h3-9,11H,10H2,1-2H3;3-8H,9H2,1-2H3. The van der Waals surface area contributed by atoms with Gasteiger partial charge >= 0.3 is 0 Å². The predicted octanol–water partition coefficient (Wildman–Crippen LogP) is 8.71. The lowest BCUT2D eigenvalue weighted by molar-refractivity contribution is 0.393. The van der Waals surface area contributed by atoms with Crippen molar-refractivity contribution in [1.29, 1.82) is 0 Å². The maximum atomic E-state index is 5.31. The lowest BCUT2D eigenvalue weighted by Gasteiger charge is -2.07. The van der Waals surface area contributed by atoms with Gasteiger partial charge in [0.2, 0.25) is 0 Å². The van der Waals surface area contributed by atoms with Gasteiger partial charge in [-0.15, -0.1) is 0 Å². The van der Waals surface area contributed by atoms with E-state index in [1.54, 1.807) is 12.4 Å². The Kier molecular flexibility index (Phi) is 9.09. The lowest BCUT2D eigenvalue weighted by atomic mass is 10.1. The number of hydrogen-bond acceptors (Lipinski definition) is 8. The van der Waals surface area contributed by atoms with Crippen molar-refractivity contribution < 1.29 is 9.05 Å². The average molecular weight is 860 g/mol. The molecule has 0 bridgehead atoms. The number of benzene rings is 1. The van der Waals surface area contributed by atoms with E-state index in [0.29, 0.717) is 6.54 Å². The normalized spacial score (nSPS) is 11.3. The van der Waals surface area contributed by atoms with E-state index in [9.17, 15) is 0 Å². The third-order valence-electron chi connectivity index (χ3n) is 8.12. The van der Waals surface area contributed by atoms with E-state index < -0.39 is 0 Å². The van der Waals surface area contributed by atoms with E-state index in [-0.39, 0.29) is 0 Å². The molecule has 0 saturated heterocycles. The number of rotatable bonds is 6. The fraction of sp³-hybridized carbons (Fsp3) is 0.167. The van der Waals surface area contributed by atoms with Crippen molar-refractivity contribution in [1.82, 2.24) is 39.4 Å². The number of halogens is 2. The van der Waals surface area contributed by atoms with Gasteiger partial charge in [-0.1, -0.05) is 40.6 Å². The van der Waals surface area contributed by atoms with Gasteiger partial charge in [-0.25, -0.2) is 9.97 Å². The van der Waals surface area contributed by atoms with Gasteiger partial charge in [-0.05, 0) is 96.6 Å². The van der Waals surface area contributed by atoms with Crippen LogP contribution in [-0.2, 0) is 13.1 Å². The van der Waals surface area contributed by atoms with Crippen LogP contribution in [-0.4, -0.2) is 39.4 Å². The van der Waals surface area contributed by atoms with Crippen molar-refractivity contribution in [3.8, 4) is 22.3 Å². The fourth-order valence-corrected chi connectivity index (χ4v) is 7.42. The first kappa shape index (κ1) is 32.1. The molecule has 0 spiro atoms. The maximum absolute atomic E-state index is 5.31. The van der Waals surface area contributed by atoms with Gasteiger partial charge in [0.15, 0.2) is 0 Å². The Morgan fingerprint density at radius 1 is 0.625 bits per heavy atom. The van der Waals surface area contributed by atoms with Crippen LogP contribution in [0.25, 0.3) is 44.3 Å². The third kappa shape index (κ3) is 6.38. The highest BCUT2D eigenvalue weighted by Crippen LogP contribution is 2.32. The molecule has 1 aromatic carbocycles. The molecule has 0 aliphatic heterocycles. The van der Waals surface area contributed by atoms with Crippen LogP contribution in [0.3, 0.4) is 0 Å². The molecule has 12 heteroatoms. The topological polar surface area (TPSA) is 113 Å². The Labute approximate surface area is 303 Å². The Bertz CT molecular complexity index is 2170. The van der Waals surface area contributed by atoms with Crippen LogP contribution in [0.4, 0.5) is 0 Å². The number of aryl methyl sites for hydroxylation is 4. The number of fused-ring (bicyclic) bond motifs is 2. The first-order valence-corrected chi connectivity index (χ1v) is 17.4. The summed E-state index contributed by atoms with van der Waals surface area (Å²) in [6.45, 7) is 9.19. The number of nitrogens with zero attached hydrogens (tertiary/aromatic N) is 8. The molecule has 0 atom stereocenters. The third-order valence-corrected chi connectivity index (χ3v) is 9.69.